The Morgan fingerprint density at radius 3 is 2.31 bits per heavy atom. The van der Waals surface area contributed by atoms with Gasteiger partial charge in [0.1, 0.15) is 0 Å². The van der Waals surface area contributed by atoms with E-state index in [0.717, 1.165) is 11.1 Å². The summed E-state index contributed by atoms with van der Waals surface area (Å²) in [6, 6.07) is 7.98. The van der Waals surface area contributed by atoms with E-state index in [1.807, 2.05) is 38.1 Å². The topological polar surface area (TPSA) is 55.1 Å². The van der Waals surface area contributed by atoms with E-state index in [1.165, 1.54) is 0 Å². The SMILES string of the molecule is CC(C)CC(=O)NCc1ccc(CN)cc1. The maximum absolute atomic E-state index is 11.4. The minimum Gasteiger partial charge on any atom is -0.352 e. The van der Waals surface area contributed by atoms with Crippen molar-refractivity contribution >= 4 is 5.91 Å². The van der Waals surface area contributed by atoms with E-state index in [4.69, 9.17) is 5.73 Å². The van der Waals surface area contributed by atoms with E-state index < -0.39 is 0 Å². The number of nitrogens with two attached hydrogens (primary N) is 1. The molecular formula is C13H20N2O. The maximum Gasteiger partial charge on any atom is 0.220 e. The van der Waals surface area contributed by atoms with Crippen LogP contribution in [0, 0.1) is 5.92 Å². The van der Waals surface area contributed by atoms with Gasteiger partial charge in [0, 0.05) is 19.5 Å². The van der Waals surface area contributed by atoms with E-state index in [0.29, 0.717) is 25.4 Å². The van der Waals surface area contributed by atoms with Gasteiger partial charge in [-0.1, -0.05) is 38.1 Å². The van der Waals surface area contributed by atoms with Gasteiger partial charge in [-0.25, -0.2) is 0 Å². The molecule has 0 saturated carbocycles. The van der Waals surface area contributed by atoms with Crippen molar-refractivity contribution in [3.8, 4) is 0 Å². The fraction of sp³-hybridized carbons (Fsp3) is 0.462. The van der Waals surface area contributed by atoms with Gasteiger partial charge in [-0.15, -0.1) is 0 Å². The van der Waals surface area contributed by atoms with Gasteiger partial charge in [0.25, 0.3) is 0 Å². The van der Waals surface area contributed by atoms with Gasteiger partial charge in [0.05, 0.1) is 0 Å². The van der Waals surface area contributed by atoms with Crippen LogP contribution < -0.4 is 11.1 Å². The van der Waals surface area contributed by atoms with Crippen LogP contribution in [0.4, 0.5) is 0 Å². The van der Waals surface area contributed by atoms with Crippen LogP contribution in [0.5, 0.6) is 0 Å². The quantitative estimate of drug-likeness (QED) is 0.795. The highest BCUT2D eigenvalue weighted by atomic mass is 16.1. The van der Waals surface area contributed by atoms with Crippen LogP contribution in [0.1, 0.15) is 31.4 Å². The molecule has 3 N–H and O–H groups in total. The first kappa shape index (κ1) is 12.7. The lowest BCUT2D eigenvalue weighted by molar-refractivity contribution is -0.121. The fourth-order valence-electron chi connectivity index (χ4n) is 1.44. The summed E-state index contributed by atoms with van der Waals surface area (Å²) in [6.45, 7) is 5.22. The van der Waals surface area contributed by atoms with Crippen molar-refractivity contribution in [3.63, 3.8) is 0 Å². The van der Waals surface area contributed by atoms with E-state index in [9.17, 15) is 4.79 Å². The summed E-state index contributed by atoms with van der Waals surface area (Å²) in [6.07, 6.45) is 0.584. The number of carbonyl (C=O) groups is 1. The van der Waals surface area contributed by atoms with Crippen molar-refractivity contribution in [1.82, 2.24) is 5.32 Å². The van der Waals surface area contributed by atoms with Crippen LogP contribution in [0.2, 0.25) is 0 Å². The molecule has 0 bridgehead atoms. The Morgan fingerprint density at radius 2 is 1.81 bits per heavy atom. The average molecular weight is 220 g/mol. The Morgan fingerprint density at radius 1 is 1.25 bits per heavy atom. The van der Waals surface area contributed by atoms with E-state index in [-0.39, 0.29) is 5.91 Å². The molecule has 0 atom stereocenters. The summed E-state index contributed by atoms with van der Waals surface area (Å²) in [5.41, 5.74) is 7.72. The Hall–Kier alpha value is -1.35. The molecule has 0 heterocycles. The second kappa shape index (κ2) is 6.28. The monoisotopic (exact) mass is 220 g/mol. The molecule has 1 rings (SSSR count). The zero-order chi connectivity index (χ0) is 12.0. The smallest absolute Gasteiger partial charge is 0.220 e. The molecule has 16 heavy (non-hydrogen) atoms. The standard InChI is InChI=1S/C13H20N2O/c1-10(2)7-13(16)15-9-12-5-3-11(8-14)4-6-12/h3-6,10H,7-9,14H2,1-2H3,(H,15,16). The van der Waals surface area contributed by atoms with Gasteiger partial charge in [-0.2, -0.15) is 0 Å². The number of nitrogens with one attached hydrogen (secondary N) is 1. The summed E-state index contributed by atoms with van der Waals surface area (Å²) in [5.74, 6) is 0.512. The molecule has 0 fully saturated rings. The van der Waals surface area contributed by atoms with Gasteiger partial charge in [-0.05, 0) is 17.0 Å². The molecule has 0 aliphatic carbocycles. The van der Waals surface area contributed by atoms with Gasteiger partial charge in [-0.3, -0.25) is 4.79 Å². The molecule has 0 radical (unpaired) electrons. The van der Waals surface area contributed by atoms with Crippen LogP contribution in [0.3, 0.4) is 0 Å². The third-order valence-corrected chi connectivity index (χ3v) is 2.34. The first-order chi connectivity index (χ1) is 7.61. The van der Waals surface area contributed by atoms with Crippen molar-refractivity contribution in [1.29, 1.82) is 0 Å². The normalized spacial score (nSPS) is 10.5. The predicted octanol–water partition coefficient (Wildman–Crippen LogP) is 1.81. The van der Waals surface area contributed by atoms with Gasteiger partial charge in [0.2, 0.25) is 5.91 Å². The fourth-order valence-corrected chi connectivity index (χ4v) is 1.44. The number of benzene rings is 1. The lowest BCUT2D eigenvalue weighted by Gasteiger charge is -2.07. The van der Waals surface area contributed by atoms with E-state index >= 15 is 0 Å². The number of rotatable bonds is 5. The molecule has 0 unspecified atom stereocenters. The summed E-state index contributed by atoms with van der Waals surface area (Å²) < 4.78 is 0. The minimum absolute atomic E-state index is 0.109. The van der Waals surface area contributed by atoms with Gasteiger partial charge < -0.3 is 11.1 Å². The molecule has 0 saturated heterocycles. The van der Waals surface area contributed by atoms with Crippen LogP contribution in [-0.2, 0) is 17.9 Å². The molecular weight excluding hydrogens is 200 g/mol. The van der Waals surface area contributed by atoms with Crippen molar-refractivity contribution in [2.75, 3.05) is 0 Å². The van der Waals surface area contributed by atoms with E-state index in [1.54, 1.807) is 0 Å². The Kier molecular flexibility index (Phi) is 4.99. The zero-order valence-corrected chi connectivity index (χ0v) is 9.99. The molecule has 88 valence electrons. The van der Waals surface area contributed by atoms with Crippen LogP contribution in [-0.4, -0.2) is 5.91 Å². The molecule has 3 heteroatoms. The van der Waals surface area contributed by atoms with Gasteiger partial charge >= 0.3 is 0 Å². The highest BCUT2D eigenvalue weighted by Gasteiger charge is 2.03. The third-order valence-electron chi connectivity index (χ3n) is 2.34. The van der Waals surface area contributed by atoms with Crippen molar-refractivity contribution in [2.24, 2.45) is 11.7 Å². The number of carbonyl (C=O) groups excluding carboxylic acids is 1. The summed E-state index contributed by atoms with van der Waals surface area (Å²) >= 11 is 0. The largest absolute Gasteiger partial charge is 0.352 e. The highest BCUT2D eigenvalue weighted by Crippen LogP contribution is 2.04. The van der Waals surface area contributed by atoms with Crippen molar-refractivity contribution in [3.05, 3.63) is 35.4 Å². The number of hydrogen-bond donors (Lipinski definition) is 2. The number of hydrogen-bond acceptors (Lipinski definition) is 2. The Balaban J connectivity index is 2.39. The summed E-state index contributed by atoms with van der Waals surface area (Å²) in [5, 5.41) is 2.90. The summed E-state index contributed by atoms with van der Waals surface area (Å²) in [4.78, 5) is 11.4. The maximum atomic E-state index is 11.4. The second-order valence-electron chi connectivity index (χ2n) is 4.40. The molecule has 0 aromatic heterocycles. The lowest BCUT2D eigenvalue weighted by Crippen LogP contribution is -2.23. The molecule has 1 amide bonds. The Bertz CT molecular complexity index is 330. The average Bonchev–Trinajstić information content (AvgIpc) is 2.26. The van der Waals surface area contributed by atoms with Crippen LogP contribution >= 0.6 is 0 Å². The molecule has 1 aromatic rings. The molecule has 0 spiro atoms. The van der Waals surface area contributed by atoms with Gasteiger partial charge in [0.15, 0.2) is 0 Å². The molecule has 3 nitrogen and oxygen atoms in total. The summed E-state index contributed by atoms with van der Waals surface area (Å²) in [7, 11) is 0. The second-order valence-corrected chi connectivity index (χ2v) is 4.40. The molecule has 1 aromatic carbocycles. The van der Waals surface area contributed by atoms with Crippen molar-refractivity contribution in [2.45, 2.75) is 33.4 Å². The van der Waals surface area contributed by atoms with Crippen molar-refractivity contribution < 1.29 is 4.79 Å². The number of amides is 1. The molecule has 0 aliphatic rings. The predicted molar refractivity (Wildman–Crippen MR) is 65.6 cm³/mol. The van der Waals surface area contributed by atoms with E-state index in [2.05, 4.69) is 5.32 Å². The lowest BCUT2D eigenvalue weighted by atomic mass is 10.1. The zero-order valence-electron chi connectivity index (χ0n) is 9.99. The Labute approximate surface area is 97.0 Å². The minimum atomic E-state index is 0.109. The van der Waals surface area contributed by atoms with Crippen LogP contribution in [0.25, 0.3) is 0 Å². The first-order valence-corrected chi connectivity index (χ1v) is 5.66. The molecule has 0 aliphatic heterocycles. The van der Waals surface area contributed by atoms with Crippen LogP contribution in [0.15, 0.2) is 24.3 Å². The first-order valence-electron chi connectivity index (χ1n) is 5.66. The third kappa shape index (κ3) is 4.45. The highest BCUT2D eigenvalue weighted by molar-refractivity contribution is 5.76.